The van der Waals surface area contributed by atoms with Gasteiger partial charge in [-0.05, 0) is 24.2 Å². The maximum absolute atomic E-state index is 7.97. The Labute approximate surface area is 95.7 Å². The zero-order chi connectivity index (χ0) is 15.6. The van der Waals surface area contributed by atoms with Crippen molar-refractivity contribution in [2.24, 2.45) is 0 Å². The lowest BCUT2D eigenvalue weighted by atomic mass is 10.2. The Kier molecular flexibility index (Phi) is 0.708. The fraction of sp³-hybridized carbons (Fsp3) is 0. The number of fused-ring (bicyclic) bond motifs is 3. The molecule has 0 aliphatic carbocycles. The summed E-state index contributed by atoms with van der Waals surface area (Å²) in [5.74, 6) is 0. The van der Waals surface area contributed by atoms with E-state index < -0.39 is 12.1 Å². The van der Waals surface area contributed by atoms with Crippen molar-refractivity contribution in [2.45, 2.75) is 0 Å². The van der Waals surface area contributed by atoms with E-state index in [1.165, 1.54) is 0 Å². The standard InChI is InChI=1S/C12H7ClO/c13-8-5-6-12-10(7-8)9-3-1-2-4-11(9)14-12/h1-7H/i1D,2D,3D,4D,5D,6D,7D. The average molecular weight is 210 g/mol. The molecule has 2 aromatic carbocycles. The Balaban J connectivity index is 2.73. The van der Waals surface area contributed by atoms with Gasteiger partial charge in [0, 0.05) is 15.8 Å². The topological polar surface area (TPSA) is 13.1 Å². The van der Waals surface area contributed by atoms with Crippen molar-refractivity contribution in [1.82, 2.24) is 0 Å². The summed E-state index contributed by atoms with van der Waals surface area (Å²) in [6.07, 6.45) is 0. The number of hydrogen-bond donors (Lipinski definition) is 0. The van der Waals surface area contributed by atoms with Crippen LogP contribution in [-0.4, -0.2) is 0 Å². The molecule has 2 heteroatoms. The molecule has 0 unspecified atom stereocenters. The quantitative estimate of drug-likeness (QED) is 0.540. The summed E-state index contributed by atoms with van der Waals surface area (Å²) in [5.41, 5.74) is -0.268. The Morgan fingerprint density at radius 3 is 2.71 bits per heavy atom. The number of halogens is 1. The van der Waals surface area contributed by atoms with Crippen molar-refractivity contribution in [3.63, 3.8) is 0 Å². The van der Waals surface area contributed by atoms with Crippen LogP contribution in [0.4, 0.5) is 0 Å². The summed E-state index contributed by atoms with van der Waals surface area (Å²) in [4.78, 5) is 0. The molecule has 0 fully saturated rings. The van der Waals surface area contributed by atoms with Crippen molar-refractivity contribution in [2.75, 3.05) is 0 Å². The molecule has 0 aliphatic rings. The smallest absolute Gasteiger partial charge is 0.135 e. The molecular formula is C12H7ClO. The largest absolute Gasteiger partial charge is 0.456 e. The average Bonchev–Trinajstić information content (AvgIpc) is 2.87. The highest BCUT2D eigenvalue weighted by Crippen LogP contribution is 2.30. The molecule has 0 saturated carbocycles. The molecule has 3 aromatic rings. The van der Waals surface area contributed by atoms with E-state index in [0.717, 1.165) is 0 Å². The minimum absolute atomic E-state index is 0.0106. The molecule has 1 nitrogen and oxygen atoms in total. The zero-order valence-electron chi connectivity index (χ0n) is 13.8. The predicted molar refractivity (Wildman–Crippen MR) is 58.7 cm³/mol. The van der Waals surface area contributed by atoms with Gasteiger partial charge < -0.3 is 4.42 Å². The highest BCUT2D eigenvalue weighted by atomic mass is 35.5. The molecule has 68 valence electrons. The predicted octanol–water partition coefficient (Wildman–Crippen LogP) is 4.24. The van der Waals surface area contributed by atoms with Crippen molar-refractivity contribution in [3.05, 3.63) is 47.3 Å². The van der Waals surface area contributed by atoms with Gasteiger partial charge in [-0.3, -0.25) is 0 Å². The minimum Gasteiger partial charge on any atom is -0.456 e. The Hall–Kier alpha value is -1.47. The van der Waals surface area contributed by atoms with Gasteiger partial charge in [-0.2, -0.15) is 0 Å². The van der Waals surface area contributed by atoms with Crippen LogP contribution >= 0.6 is 11.6 Å². The van der Waals surface area contributed by atoms with Gasteiger partial charge in [-0.1, -0.05) is 29.7 Å². The molecule has 1 heterocycles. The molecule has 0 amide bonds. The summed E-state index contributed by atoms with van der Waals surface area (Å²) in [6.45, 7) is 0. The summed E-state index contributed by atoms with van der Waals surface area (Å²) >= 11 is 5.85. The highest BCUT2D eigenvalue weighted by Gasteiger charge is 2.05. The molecule has 14 heavy (non-hydrogen) atoms. The van der Waals surface area contributed by atoms with Crippen LogP contribution in [0.5, 0.6) is 0 Å². The van der Waals surface area contributed by atoms with E-state index in [1.807, 2.05) is 0 Å². The third-order valence-corrected chi connectivity index (χ3v) is 2.04. The van der Waals surface area contributed by atoms with Crippen LogP contribution in [0.1, 0.15) is 9.60 Å². The van der Waals surface area contributed by atoms with Gasteiger partial charge >= 0.3 is 0 Å². The molecule has 0 atom stereocenters. The second kappa shape index (κ2) is 2.76. The van der Waals surface area contributed by atoms with Gasteiger partial charge in [-0.25, -0.2) is 0 Å². The lowest BCUT2D eigenvalue weighted by Gasteiger charge is -1.89. The Bertz CT molecular complexity index is 857. The molecule has 0 saturated heterocycles. The highest BCUT2D eigenvalue weighted by molar-refractivity contribution is 6.31. The normalized spacial score (nSPS) is 18.2. The van der Waals surface area contributed by atoms with Crippen LogP contribution in [0, 0.1) is 0 Å². The molecule has 0 N–H and O–H groups in total. The van der Waals surface area contributed by atoms with Gasteiger partial charge in [-0.15, -0.1) is 0 Å². The summed E-state index contributed by atoms with van der Waals surface area (Å²) < 4.78 is 59.9. The fourth-order valence-electron chi connectivity index (χ4n) is 1.28. The van der Waals surface area contributed by atoms with Gasteiger partial charge in [0.15, 0.2) is 0 Å². The number of para-hydroxylation sites is 1. The minimum atomic E-state index is -0.457. The lowest BCUT2D eigenvalue weighted by Crippen LogP contribution is -1.65. The first-order chi connectivity index (χ1) is 9.77. The van der Waals surface area contributed by atoms with E-state index in [1.54, 1.807) is 0 Å². The van der Waals surface area contributed by atoms with E-state index in [9.17, 15) is 0 Å². The van der Waals surface area contributed by atoms with E-state index >= 15 is 0 Å². The molecule has 3 rings (SSSR count). The van der Waals surface area contributed by atoms with E-state index in [2.05, 4.69) is 0 Å². The molecular weight excluding hydrogens is 196 g/mol. The summed E-state index contributed by atoms with van der Waals surface area (Å²) in [6, 6.07) is -2.65. The number of benzene rings is 2. The Morgan fingerprint density at radius 2 is 1.79 bits per heavy atom. The lowest BCUT2D eigenvalue weighted by molar-refractivity contribution is 0.669. The second-order valence-corrected chi connectivity index (χ2v) is 3.08. The monoisotopic (exact) mass is 209 g/mol. The van der Waals surface area contributed by atoms with Crippen LogP contribution in [0.15, 0.2) is 46.7 Å². The van der Waals surface area contributed by atoms with E-state index in [0.29, 0.717) is 0 Å². The van der Waals surface area contributed by atoms with Crippen LogP contribution in [0.25, 0.3) is 21.9 Å². The van der Waals surface area contributed by atoms with Gasteiger partial charge in [0.05, 0.1) is 9.60 Å². The van der Waals surface area contributed by atoms with Gasteiger partial charge in [0.2, 0.25) is 0 Å². The molecule has 0 spiro atoms. The number of rotatable bonds is 0. The van der Waals surface area contributed by atoms with Crippen molar-refractivity contribution >= 4 is 33.5 Å². The SMILES string of the molecule is [2H]c1c([2H])c([2H])c2c(oc3c([2H])c([2H])c(Cl)c([2H])c32)c1[2H]. The maximum Gasteiger partial charge on any atom is 0.135 e. The molecule has 0 radical (unpaired) electrons. The molecule has 0 aliphatic heterocycles. The first-order valence-corrected chi connectivity index (χ1v) is 4.23. The second-order valence-electron chi connectivity index (χ2n) is 2.70. The van der Waals surface area contributed by atoms with E-state index in [4.69, 9.17) is 25.6 Å². The van der Waals surface area contributed by atoms with Gasteiger partial charge in [0.1, 0.15) is 11.2 Å². The maximum atomic E-state index is 7.97. The molecule has 0 bridgehead atoms. The third-order valence-electron chi connectivity index (χ3n) is 1.85. The van der Waals surface area contributed by atoms with Crippen LogP contribution in [-0.2, 0) is 0 Å². The van der Waals surface area contributed by atoms with Crippen molar-refractivity contribution < 1.29 is 14.0 Å². The van der Waals surface area contributed by atoms with Crippen LogP contribution in [0.2, 0.25) is 5.02 Å². The fourth-order valence-corrected chi connectivity index (χ4v) is 1.42. The number of hydrogen-bond acceptors (Lipinski definition) is 1. The summed E-state index contributed by atoms with van der Waals surface area (Å²) in [7, 11) is 0. The number of furan rings is 1. The third kappa shape index (κ3) is 1.03. The Morgan fingerprint density at radius 1 is 1.00 bits per heavy atom. The van der Waals surface area contributed by atoms with Crippen molar-refractivity contribution in [1.29, 1.82) is 0 Å². The van der Waals surface area contributed by atoms with Gasteiger partial charge in [0.25, 0.3) is 0 Å². The summed E-state index contributed by atoms with van der Waals surface area (Å²) in [5, 5.41) is -0.206. The zero-order valence-corrected chi connectivity index (χ0v) is 7.54. The van der Waals surface area contributed by atoms with Crippen molar-refractivity contribution in [3.8, 4) is 0 Å². The molecule has 1 aromatic heterocycles. The van der Waals surface area contributed by atoms with Crippen LogP contribution in [0.3, 0.4) is 0 Å². The first-order valence-electron chi connectivity index (χ1n) is 7.35. The first kappa shape index (κ1) is 3.59. The van der Waals surface area contributed by atoms with Crippen LogP contribution < -0.4 is 0 Å². The van der Waals surface area contributed by atoms with E-state index in [-0.39, 0.29) is 57.2 Å².